The smallest absolute Gasteiger partial charge is 0.249 e. The van der Waals surface area contributed by atoms with Gasteiger partial charge in [-0.05, 0) is 70.6 Å². The monoisotopic (exact) mass is 433 g/mol. The highest BCUT2D eigenvalue weighted by molar-refractivity contribution is 7.99. The molecule has 1 amide bonds. The third-order valence-electron chi connectivity index (χ3n) is 5.15. The molecule has 164 valence electrons. The third-order valence-corrected chi connectivity index (χ3v) is 6.21. The van der Waals surface area contributed by atoms with E-state index in [0.717, 1.165) is 47.5 Å². The van der Waals surface area contributed by atoms with E-state index in [9.17, 15) is 4.79 Å². The molecule has 2 nitrogen and oxygen atoms in total. The van der Waals surface area contributed by atoms with Crippen molar-refractivity contribution in [1.82, 2.24) is 0 Å². The zero-order chi connectivity index (χ0) is 22.6. The number of carbonyl (C=O) groups is 1. The minimum Gasteiger partial charge on any atom is -0.366 e. The summed E-state index contributed by atoms with van der Waals surface area (Å²) >= 11 is 1.68. The van der Waals surface area contributed by atoms with Gasteiger partial charge in [0.1, 0.15) is 0 Å². The number of primary amides is 1. The van der Waals surface area contributed by atoms with Crippen LogP contribution in [0.2, 0.25) is 0 Å². The Balaban J connectivity index is 2.00. The Hall–Kier alpha value is -2.52. The van der Waals surface area contributed by atoms with E-state index in [4.69, 9.17) is 5.73 Å². The summed E-state index contributed by atoms with van der Waals surface area (Å²) in [6, 6.07) is 15.9. The van der Waals surface area contributed by atoms with Crippen LogP contribution < -0.4 is 5.73 Å². The standard InChI is InChI=1S/C28H35NOS/c1-21(2)11-8-12-22(3)13-9-14-23(4)19-20-31-27-25(24-15-6-5-7-16-24)17-10-18-26(27)28(29)30/h5-7,10-11,13,15-19H,8-9,12,14,20H2,1-4H3,(H2,29,30). The van der Waals surface area contributed by atoms with Crippen molar-refractivity contribution in [2.75, 3.05) is 5.75 Å². The van der Waals surface area contributed by atoms with Crippen molar-refractivity contribution in [1.29, 1.82) is 0 Å². The molecule has 0 bridgehead atoms. The van der Waals surface area contributed by atoms with E-state index < -0.39 is 0 Å². The first-order chi connectivity index (χ1) is 14.9. The van der Waals surface area contributed by atoms with E-state index in [1.54, 1.807) is 11.8 Å². The molecule has 0 fully saturated rings. The van der Waals surface area contributed by atoms with Crippen molar-refractivity contribution in [2.45, 2.75) is 58.3 Å². The Morgan fingerprint density at radius 1 is 0.839 bits per heavy atom. The van der Waals surface area contributed by atoms with Crippen LogP contribution in [0.15, 0.2) is 88.4 Å². The maximum absolute atomic E-state index is 12.0. The molecule has 0 aliphatic rings. The predicted octanol–water partition coefficient (Wildman–Crippen LogP) is 7.96. The summed E-state index contributed by atoms with van der Waals surface area (Å²) in [5, 5.41) is 0. The van der Waals surface area contributed by atoms with Crippen molar-refractivity contribution in [3.05, 3.63) is 89.0 Å². The molecule has 0 heterocycles. The van der Waals surface area contributed by atoms with E-state index in [1.807, 2.05) is 30.3 Å². The third kappa shape index (κ3) is 8.63. The van der Waals surface area contributed by atoms with Gasteiger partial charge in [-0.25, -0.2) is 0 Å². The van der Waals surface area contributed by atoms with Crippen LogP contribution in [-0.2, 0) is 0 Å². The zero-order valence-corrected chi connectivity index (χ0v) is 20.1. The topological polar surface area (TPSA) is 43.1 Å². The van der Waals surface area contributed by atoms with Crippen LogP contribution in [0.1, 0.15) is 63.7 Å². The Morgan fingerprint density at radius 3 is 2.13 bits per heavy atom. The lowest BCUT2D eigenvalue weighted by molar-refractivity contribution is 0.0997. The number of hydrogen-bond acceptors (Lipinski definition) is 2. The van der Waals surface area contributed by atoms with Gasteiger partial charge in [0, 0.05) is 10.6 Å². The molecule has 0 aliphatic carbocycles. The highest BCUT2D eigenvalue weighted by Crippen LogP contribution is 2.34. The normalized spacial score (nSPS) is 12.0. The first kappa shape index (κ1) is 24.7. The zero-order valence-electron chi connectivity index (χ0n) is 19.3. The lowest BCUT2D eigenvalue weighted by Crippen LogP contribution is -2.12. The van der Waals surface area contributed by atoms with Gasteiger partial charge in [-0.15, -0.1) is 11.8 Å². The van der Waals surface area contributed by atoms with Gasteiger partial charge in [0.2, 0.25) is 5.91 Å². The average Bonchev–Trinajstić information content (AvgIpc) is 2.74. The van der Waals surface area contributed by atoms with Gasteiger partial charge in [-0.3, -0.25) is 4.79 Å². The fourth-order valence-electron chi connectivity index (χ4n) is 3.34. The molecule has 0 spiro atoms. The molecule has 2 N–H and O–H groups in total. The Kier molecular flexibility index (Phi) is 10.4. The quantitative estimate of drug-likeness (QED) is 0.288. The van der Waals surface area contributed by atoms with Crippen molar-refractivity contribution in [3.8, 4) is 11.1 Å². The van der Waals surface area contributed by atoms with Gasteiger partial charge in [-0.1, -0.05) is 77.4 Å². The van der Waals surface area contributed by atoms with Crippen LogP contribution in [0.4, 0.5) is 0 Å². The highest BCUT2D eigenvalue weighted by Gasteiger charge is 2.14. The number of carbonyl (C=O) groups excluding carboxylic acids is 1. The van der Waals surface area contributed by atoms with Crippen LogP contribution >= 0.6 is 11.8 Å². The molecule has 2 aromatic rings. The second-order valence-electron chi connectivity index (χ2n) is 8.18. The largest absolute Gasteiger partial charge is 0.366 e. The molecule has 0 saturated carbocycles. The molecular weight excluding hydrogens is 398 g/mol. The van der Waals surface area contributed by atoms with Gasteiger partial charge < -0.3 is 5.73 Å². The van der Waals surface area contributed by atoms with E-state index >= 15 is 0 Å². The molecule has 0 aliphatic heterocycles. The number of nitrogens with two attached hydrogens (primary N) is 1. The maximum Gasteiger partial charge on any atom is 0.249 e. The van der Waals surface area contributed by atoms with Gasteiger partial charge in [0.05, 0.1) is 5.56 Å². The number of benzene rings is 2. The second-order valence-corrected chi connectivity index (χ2v) is 9.21. The van der Waals surface area contributed by atoms with Gasteiger partial charge in [0.15, 0.2) is 0 Å². The molecule has 2 aromatic carbocycles. The van der Waals surface area contributed by atoms with E-state index in [1.165, 1.54) is 16.7 Å². The highest BCUT2D eigenvalue weighted by atomic mass is 32.2. The summed E-state index contributed by atoms with van der Waals surface area (Å²) in [6.45, 7) is 8.70. The summed E-state index contributed by atoms with van der Waals surface area (Å²) in [5.41, 5.74) is 12.6. The molecule has 0 radical (unpaired) electrons. The minimum atomic E-state index is -0.380. The number of amides is 1. The summed E-state index contributed by atoms with van der Waals surface area (Å²) in [6.07, 6.45) is 11.3. The van der Waals surface area contributed by atoms with Gasteiger partial charge in [-0.2, -0.15) is 0 Å². The van der Waals surface area contributed by atoms with Crippen LogP contribution in [0.5, 0.6) is 0 Å². The Bertz CT molecular complexity index is 950. The van der Waals surface area contributed by atoms with E-state index in [0.29, 0.717) is 5.56 Å². The molecule has 2 rings (SSSR count). The van der Waals surface area contributed by atoms with Crippen LogP contribution in [0, 0.1) is 0 Å². The lowest BCUT2D eigenvalue weighted by Gasteiger charge is -2.12. The molecular formula is C28H35NOS. The second kappa shape index (κ2) is 13.0. The Labute approximate surface area is 192 Å². The Morgan fingerprint density at radius 2 is 1.48 bits per heavy atom. The molecule has 31 heavy (non-hydrogen) atoms. The van der Waals surface area contributed by atoms with Crippen LogP contribution in [-0.4, -0.2) is 11.7 Å². The first-order valence-electron chi connectivity index (χ1n) is 10.9. The predicted molar refractivity (Wildman–Crippen MR) is 137 cm³/mol. The summed E-state index contributed by atoms with van der Waals surface area (Å²) in [7, 11) is 0. The molecule has 3 heteroatoms. The van der Waals surface area contributed by atoms with Crippen molar-refractivity contribution in [3.63, 3.8) is 0 Å². The fraction of sp³-hybridized carbons (Fsp3) is 0.321. The van der Waals surface area contributed by atoms with Crippen molar-refractivity contribution in [2.24, 2.45) is 5.73 Å². The summed E-state index contributed by atoms with van der Waals surface area (Å²) in [5.74, 6) is 0.439. The fourth-order valence-corrected chi connectivity index (χ4v) is 4.54. The van der Waals surface area contributed by atoms with E-state index in [2.05, 4.69) is 64.1 Å². The number of rotatable bonds is 11. The average molecular weight is 434 g/mol. The minimum absolute atomic E-state index is 0.380. The summed E-state index contributed by atoms with van der Waals surface area (Å²) in [4.78, 5) is 13.0. The lowest BCUT2D eigenvalue weighted by atomic mass is 10.0. The summed E-state index contributed by atoms with van der Waals surface area (Å²) < 4.78 is 0. The van der Waals surface area contributed by atoms with Crippen molar-refractivity contribution < 1.29 is 4.79 Å². The SMILES string of the molecule is CC(C)=CCCC(C)=CCCC(C)=CCSc1c(C(N)=O)cccc1-c1ccccc1. The molecule has 0 unspecified atom stereocenters. The molecule has 0 saturated heterocycles. The van der Waals surface area contributed by atoms with Crippen molar-refractivity contribution >= 4 is 17.7 Å². The van der Waals surface area contributed by atoms with Crippen LogP contribution in [0.25, 0.3) is 11.1 Å². The maximum atomic E-state index is 12.0. The number of hydrogen-bond donors (Lipinski definition) is 1. The molecule has 0 aromatic heterocycles. The van der Waals surface area contributed by atoms with Crippen LogP contribution in [0.3, 0.4) is 0 Å². The number of allylic oxidation sites excluding steroid dienone is 5. The number of thioether (sulfide) groups is 1. The van der Waals surface area contributed by atoms with E-state index in [-0.39, 0.29) is 5.91 Å². The first-order valence-corrected chi connectivity index (χ1v) is 11.9. The molecule has 0 atom stereocenters. The van der Waals surface area contributed by atoms with Gasteiger partial charge >= 0.3 is 0 Å². The van der Waals surface area contributed by atoms with Gasteiger partial charge in [0.25, 0.3) is 0 Å².